The Hall–Kier alpha value is -4.69. The second kappa shape index (κ2) is 9.52. The van der Waals surface area contributed by atoms with Crippen molar-refractivity contribution in [3.8, 4) is 11.8 Å². The van der Waals surface area contributed by atoms with E-state index in [4.69, 9.17) is 0 Å². The number of nitro benzene ring substituents is 1. The molecule has 0 radical (unpaired) electrons. The first-order valence-corrected chi connectivity index (χ1v) is 10.2. The number of benzene rings is 2. The van der Waals surface area contributed by atoms with E-state index in [2.05, 4.69) is 26.8 Å². The molecule has 4 rings (SSSR count). The lowest BCUT2D eigenvalue weighted by atomic mass is 9.80. The van der Waals surface area contributed by atoms with Crippen LogP contribution in [0.15, 0.2) is 79.5 Å². The zero-order valence-electron chi connectivity index (χ0n) is 18.1. The number of aliphatic hydroxyl groups is 1. The van der Waals surface area contributed by atoms with Crippen LogP contribution in [0.4, 0.5) is 23.2 Å². The second-order valence-electron chi connectivity index (χ2n) is 7.52. The van der Waals surface area contributed by atoms with Gasteiger partial charge in [-0.2, -0.15) is 8.78 Å². The van der Waals surface area contributed by atoms with E-state index in [0.29, 0.717) is 11.6 Å². The van der Waals surface area contributed by atoms with E-state index in [1.807, 2.05) is 0 Å². The highest BCUT2D eigenvalue weighted by Crippen LogP contribution is 2.49. The maximum atomic E-state index is 15.8. The van der Waals surface area contributed by atoms with Gasteiger partial charge in [-0.25, -0.2) is 18.7 Å². The van der Waals surface area contributed by atoms with Crippen molar-refractivity contribution in [1.82, 2.24) is 15.0 Å². The van der Waals surface area contributed by atoms with Gasteiger partial charge in [0.05, 0.1) is 4.92 Å². The third-order valence-electron chi connectivity index (χ3n) is 5.27. The molecule has 0 saturated heterocycles. The summed E-state index contributed by atoms with van der Waals surface area (Å²) in [5.41, 5.74) is -5.11. The van der Waals surface area contributed by atoms with Crippen molar-refractivity contribution in [2.24, 2.45) is 0 Å². The predicted molar refractivity (Wildman–Crippen MR) is 119 cm³/mol. The van der Waals surface area contributed by atoms with Crippen LogP contribution in [0.3, 0.4) is 0 Å². The molecule has 11 heteroatoms. The third-order valence-corrected chi connectivity index (χ3v) is 5.27. The van der Waals surface area contributed by atoms with E-state index in [0.717, 1.165) is 43.1 Å². The third kappa shape index (κ3) is 4.49. The van der Waals surface area contributed by atoms with Crippen LogP contribution >= 0.6 is 0 Å². The number of nitro groups is 1. The number of hydrogen-bond acceptors (Lipinski definition) is 6. The average Bonchev–Trinajstić information content (AvgIpc) is 2.88. The minimum Gasteiger partial charge on any atom is -0.374 e. The maximum Gasteiger partial charge on any atom is 0.326 e. The summed E-state index contributed by atoms with van der Waals surface area (Å²) in [5, 5.41) is 22.0. The van der Waals surface area contributed by atoms with E-state index >= 15 is 8.78 Å². The van der Waals surface area contributed by atoms with Crippen LogP contribution in [-0.2, 0) is 11.5 Å². The Bertz CT molecular complexity index is 1470. The predicted octanol–water partition coefficient (Wildman–Crippen LogP) is 4.49. The molecule has 1 N–H and O–H groups in total. The summed E-state index contributed by atoms with van der Waals surface area (Å²) < 4.78 is 59.7. The lowest BCUT2D eigenvalue weighted by Crippen LogP contribution is -2.45. The maximum absolute atomic E-state index is 15.8. The van der Waals surface area contributed by atoms with Crippen LogP contribution in [0.1, 0.15) is 27.9 Å². The van der Waals surface area contributed by atoms with E-state index in [1.54, 1.807) is 0 Å². The van der Waals surface area contributed by atoms with Gasteiger partial charge in [0.2, 0.25) is 0 Å². The minimum absolute atomic E-state index is 0.109. The van der Waals surface area contributed by atoms with Crippen LogP contribution in [-0.4, -0.2) is 25.0 Å². The molecule has 0 spiro atoms. The first kappa shape index (κ1) is 24.4. The molecule has 7 nitrogen and oxygen atoms in total. The Morgan fingerprint density at radius 1 is 0.889 bits per heavy atom. The molecule has 4 aromatic rings. The van der Waals surface area contributed by atoms with Crippen molar-refractivity contribution in [2.75, 3.05) is 0 Å². The van der Waals surface area contributed by atoms with Crippen molar-refractivity contribution >= 4 is 5.69 Å². The van der Waals surface area contributed by atoms with Gasteiger partial charge >= 0.3 is 5.92 Å². The summed E-state index contributed by atoms with van der Waals surface area (Å²) in [6.07, 6.45) is 3.87. The molecule has 0 aliphatic rings. The van der Waals surface area contributed by atoms with Crippen LogP contribution in [0.5, 0.6) is 0 Å². The molecular formula is C25H14F4N4O3. The molecule has 1 unspecified atom stereocenters. The van der Waals surface area contributed by atoms with Gasteiger partial charge in [0.1, 0.15) is 23.7 Å². The zero-order valence-corrected chi connectivity index (χ0v) is 18.1. The van der Waals surface area contributed by atoms with Gasteiger partial charge in [0.25, 0.3) is 5.69 Å². The summed E-state index contributed by atoms with van der Waals surface area (Å²) in [4.78, 5) is 21.2. The Morgan fingerprint density at radius 3 is 2.11 bits per heavy atom. The Labute approximate surface area is 201 Å². The molecule has 36 heavy (non-hydrogen) atoms. The van der Waals surface area contributed by atoms with Crippen molar-refractivity contribution in [1.29, 1.82) is 0 Å². The Morgan fingerprint density at radius 2 is 1.53 bits per heavy atom. The quantitative estimate of drug-likeness (QED) is 0.190. The molecule has 0 aliphatic heterocycles. The number of aromatic nitrogens is 3. The summed E-state index contributed by atoms with van der Waals surface area (Å²) in [6, 6.07) is 9.38. The number of nitrogens with zero attached hydrogens (tertiary/aromatic N) is 4. The number of rotatable bonds is 5. The number of halogens is 4. The SMILES string of the molecule is O=[N+]([O-])c1ccc(C#Cc2ccc(C(F)(F)C(O)(c3cncnc3)c3ccc(F)cc3F)nc2)cc1. The first-order valence-electron chi connectivity index (χ1n) is 10.2. The molecule has 2 aromatic carbocycles. The minimum atomic E-state index is -4.22. The molecule has 2 heterocycles. The van der Waals surface area contributed by atoms with Crippen LogP contribution in [0.2, 0.25) is 0 Å². The molecule has 0 saturated carbocycles. The summed E-state index contributed by atoms with van der Waals surface area (Å²) >= 11 is 0. The normalized spacial score (nSPS) is 12.8. The molecule has 180 valence electrons. The molecule has 2 aromatic heterocycles. The van der Waals surface area contributed by atoms with E-state index in [-0.39, 0.29) is 11.3 Å². The van der Waals surface area contributed by atoms with Gasteiger partial charge in [0, 0.05) is 59.0 Å². The fourth-order valence-corrected chi connectivity index (χ4v) is 3.42. The molecule has 0 amide bonds. The fraction of sp³-hybridized carbons (Fsp3) is 0.0800. The van der Waals surface area contributed by atoms with Gasteiger partial charge in [-0.05, 0) is 36.4 Å². The van der Waals surface area contributed by atoms with Gasteiger partial charge in [0.15, 0.2) is 5.60 Å². The van der Waals surface area contributed by atoms with Crippen LogP contribution < -0.4 is 0 Å². The molecular weight excluding hydrogens is 480 g/mol. The smallest absolute Gasteiger partial charge is 0.326 e. The lowest BCUT2D eigenvalue weighted by Gasteiger charge is -2.36. The Kier molecular flexibility index (Phi) is 6.46. The highest BCUT2D eigenvalue weighted by Gasteiger charge is 2.58. The highest BCUT2D eigenvalue weighted by molar-refractivity contribution is 5.46. The van der Waals surface area contributed by atoms with Gasteiger partial charge in [-0.3, -0.25) is 15.1 Å². The number of non-ortho nitro benzene ring substituents is 1. The standard InChI is InChI=1S/C25H14F4N4O3/c26-19-6-9-21(22(27)11-19)24(34,18-13-30-15-31-14-18)25(28,29)23-10-5-17(12-32-23)2-1-16-3-7-20(8-4-16)33(35)36/h3-15,34H. The highest BCUT2D eigenvalue weighted by atomic mass is 19.3. The summed E-state index contributed by atoms with van der Waals surface area (Å²) in [6.45, 7) is 0. The van der Waals surface area contributed by atoms with Crippen molar-refractivity contribution in [2.45, 2.75) is 11.5 Å². The van der Waals surface area contributed by atoms with Crippen molar-refractivity contribution < 1.29 is 27.6 Å². The lowest BCUT2D eigenvalue weighted by molar-refractivity contribution is -0.384. The number of alkyl halides is 2. The largest absolute Gasteiger partial charge is 0.374 e. The van der Waals surface area contributed by atoms with Gasteiger partial charge in [-0.15, -0.1) is 0 Å². The molecule has 0 aliphatic carbocycles. The van der Waals surface area contributed by atoms with Crippen molar-refractivity contribution in [3.05, 3.63) is 129 Å². The molecule has 0 fully saturated rings. The summed E-state index contributed by atoms with van der Waals surface area (Å²) in [5.74, 6) is -1.21. The molecule has 0 bridgehead atoms. The topological polar surface area (TPSA) is 102 Å². The van der Waals surface area contributed by atoms with E-state index in [1.165, 1.54) is 30.3 Å². The number of pyridine rings is 1. The fourth-order valence-electron chi connectivity index (χ4n) is 3.42. The second-order valence-corrected chi connectivity index (χ2v) is 7.52. The first-order chi connectivity index (χ1) is 17.1. The average molecular weight is 494 g/mol. The zero-order chi connectivity index (χ0) is 25.9. The van der Waals surface area contributed by atoms with Crippen LogP contribution in [0, 0.1) is 33.6 Å². The van der Waals surface area contributed by atoms with Gasteiger partial charge < -0.3 is 5.11 Å². The van der Waals surface area contributed by atoms with Gasteiger partial charge in [-0.1, -0.05) is 11.8 Å². The number of hydrogen-bond donors (Lipinski definition) is 1. The van der Waals surface area contributed by atoms with Crippen LogP contribution in [0.25, 0.3) is 0 Å². The van der Waals surface area contributed by atoms with E-state index < -0.39 is 44.9 Å². The monoisotopic (exact) mass is 494 g/mol. The summed E-state index contributed by atoms with van der Waals surface area (Å²) in [7, 11) is 0. The Balaban J connectivity index is 1.72. The molecule has 1 atom stereocenters. The van der Waals surface area contributed by atoms with Crippen molar-refractivity contribution in [3.63, 3.8) is 0 Å². The van der Waals surface area contributed by atoms with E-state index in [9.17, 15) is 24.0 Å².